The van der Waals surface area contributed by atoms with E-state index in [2.05, 4.69) is 15.6 Å². The summed E-state index contributed by atoms with van der Waals surface area (Å²) in [4.78, 5) is 28.8. The molecule has 136 valence electrons. The van der Waals surface area contributed by atoms with E-state index in [1.54, 1.807) is 6.20 Å². The zero-order valence-electron chi connectivity index (χ0n) is 15.4. The number of amides is 2. The maximum absolute atomic E-state index is 12.3. The topological polar surface area (TPSA) is 71.1 Å². The zero-order valence-corrected chi connectivity index (χ0v) is 15.4. The van der Waals surface area contributed by atoms with E-state index in [1.807, 2.05) is 38.1 Å². The Morgan fingerprint density at radius 1 is 1.12 bits per heavy atom. The normalized spacial score (nSPS) is 13.0. The molecule has 0 saturated heterocycles. The molecular formula is C21H25N3O2. The Balaban J connectivity index is 1.49. The highest BCUT2D eigenvalue weighted by molar-refractivity contribution is 5.95. The number of hydrogen-bond acceptors (Lipinski definition) is 3. The third-order valence-corrected chi connectivity index (χ3v) is 4.73. The average molecular weight is 351 g/mol. The molecule has 0 spiro atoms. The van der Waals surface area contributed by atoms with Crippen LogP contribution in [0, 0.1) is 13.8 Å². The molecule has 5 heteroatoms. The molecule has 1 heterocycles. The number of fused-ring (bicyclic) bond motifs is 1. The summed E-state index contributed by atoms with van der Waals surface area (Å²) in [7, 11) is 0. The first-order chi connectivity index (χ1) is 12.5. The van der Waals surface area contributed by atoms with Crippen LogP contribution in [-0.2, 0) is 17.6 Å². The first-order valence-electron chi connectivity index (χ1n) is 9.16. The lowest BCUT2D eigenvalue weighted by Crippen LogP contribution is -2.28. The van der Waals surface area contributed by atoms with Gasteiger partial charge in [0.15, 0.2) is 0 Å². The SMILES string of the molecule is Cc1ccc(NC(=O)CCNC(=O)c2cnc3c(c2)CCCC3)c(C)c1. The maximum atomic E-state index is 12.3. The van der Waals surface area contributed by atoms with Crippen LogP contribution in [0.25, 0.3) is 0 Å². The fourth-order valence-electron chi connectivity index (χ4n) is 3.27. The lowest BCUT2D eigenvalue weighted by molar-refractivity contribution is -0.116. The largest absolute Gasteiger partial charge is 0.351 e. The van der Waals surface area contributed by atoms with Crippen LogP contribution >= 0.6 is 0 Å². The maximum Gasteiger partial charge on any atom is 0.252 e. The van der Waals surface area contributed by atoms with Crippen molar-refractivity contribution in [3.63, 3.8) is 0 Å². The molecule has 0 fully saturated rings. The van der Waals surface area contributed by atoms with Gasteiger partial charge in [0, 0.05) is 30.5 Å². The van der Waals surface area contributed by atoms with E-state index in [1.165, 1.54) is 12.0 Å². The molecule has 26 heavy (non-hydrogen) atoms. The Morgan fingerprint density at radius 2 is 1.92 bits per heavy atom. The van der Waals surface area contributed by atoms with Gasteiger partial charge in [-0.3, -0.25) is 14.6 Å². The number of pyridine rings is 1. The van der Waals surface area contributed by atoms with E-state index in [4.69, 9.17) is 0 Å². The third kappa shape index (κ3) is 4.48. The smallest absolute Gasteiger partial charge is 0.252 e. The molecule has 0 saturated carbocycles. The Morgan fingerprint density at radius 3 is 2.73 bits per heavy atom. The van der Waals surface area contributed by atoms with Crippen molar-refractivity contribution in [2.75, 3.05) is 11.9 Å². The monoisotopic (exact) mass is 351 g/mol. The molecule has 3 rings (SSSR count). The van der Waals surface area contributed by atoms with Crippen molar-refractivity contribution >= 4 is 17.5 Å². The number of aryl methyl sites for hydroxylation is 4. The Kier molecular flexibility index (Phi) is 5.66. The first kappa shape index (κ1) is 18.1. The summed E-state index contributed by atoms with van der Waals surface area (Å²) < 4.78 is 0. The van der Waals surface area contributed by atoms with Gasteiger partial charge in [-0.15, -0.1) is 0 Å². The second-order valence-electron chi connectivity index (χ2n) is 6.91. The highest BCUT2D eigenvalue weighted by atomic mass is 16.2. The predicted molar refractivity (Wildman–Crippen MR) is 102 cm³/mol. The highest BCUT2D eigenvalue weighted by Crippen LogP contribution is 2.20. The molecule has 0 radical (unpaired) electrons. The fraction of sp³-hybridized carbons (Fsp3) is 0.381. The van der Waals surface area contributed by atoms with Gasteiger partial charge in [-0.25, -0.2) is 0 Å². The second-order valence-corrected chi connectivity index (χ2v) is 6.91. The summed E-state index contributed by atoms with van der Waals surface area (Å²) in [6, 6.07) is 7.83. The van der Waals surface area contributed by atoms with Crippen LogP contribution in [0.15, 0.2) is 30.5 Å². The van der Waals surface area contributed by atoms with Gasteiger partial charge in [-0.2, -0.15) is 0 Å². The summed E-state index contributed by atoms with van der Waals surface area (Å²) in [6.45, 7) is 4.28. The van der Waals surface area contributed by atoms with Gasteiger partial charge in [0.25, 0.3) is 5.91 Å². The Labute approximate surface area is 154 Å². The van der Waals surface area contributed by atoms with E-state index in [-0.39, 0.29) is 18.2 Å². The van der Waals surface area contributed by atoms with Crippen LogP contribution in [0.3, 0.4) is 0 Å². The fourth-order valence-corrected chi connectivity index (χ4v) is 3.27. The molecule has 0 unspecified atom stereocenters. The Bertz CT molecular complexity index is 830. The zero-order chi connectivity index (χ0) is 18.5. The molecular weight excluding hydrogens is 326 g/mol. The molecule has 2 aromatic rings. The first-order valence-corrected chi connectivity index (χ1v) is 9.16. The summed E-state index contributed by atoms with van der Waals surface area (Å²) in [5.74, 6) is -0.286. The number of nitrogens with zero attached hydrogens (tertiary/aromatic N) is 1. The van der Waals surface area contributed by atoms with Gasteiger partial charge in [-0.05, 0) is 62.8 Å². The van der Waals surface area contributed by atoms with Crippen molar-refractivity contribution < 1.29 is 9.59 Å². The van der Waals surface area contributed by atoms with E-state index in [0.717, 1.165) is 41.8 Å². The average Bonchev–Trinajstić information content (AvgIpc) is 2.63. The van der Waals surface area contributed by atoms with Gasteiger partial charge < -0.3 is 10.6 Å². The van der Waals surface area contributed by atoms with Gasteiger partial charge >= 0.3 is 0 Å². The lowest BCUT2D eigenvalue weighted by atomic mass is 9.95. The van der Waals surface area contributed by atoms with Crippen molar-refractivity contribution in [2.24, 2.45) is 0 Å². The van der Waals surface area contributed by atoms with E-state index in [9.17, 15) is 9.59 Å². The number of nitrogens with one attached hydrogen (secondary N) is 2. The molecule has 1 aromatic heterocycles. The van der Waals surface area contributed by atoms with Gasteiger partial charge in [0.05, 0.1) is 5.56 Å². The molecule has 2 N–H and O–H groups in total. The minimum absolute atomic E-state index is 0.110. The van der Waals surface area contributed by atoms with Crippen molar-refractivity contribution in [1.29, 1.82) is 0 Å². The molecule has 5 nitrogen and oxygen atoms in total. The summed E-state index contributed by atoms with van der Waals surface area (Å²) in [5, 5.41) is 5.70. The van der Waals surface area contributed by atoms with Gasteiger partial charge in [0.2, 0.25) is 5.91 Å². The number of aromatic nitrogens is 1. The van der Waals surface area contributed by atoms with Crippen molar-refractivity contribution in [2.45, 2.75) is 46.0 Å². The number of rotatable bonds is 5. The summed E-state index contributed by atoms with van der Waals surface area (Å²) in [5.41, 5.74) is 5.86. The van der Waals surface area contributed by atoms with Crippen LogP contribution in [0.2, 0.25) is 0 Å². The third-order valence-electron chi connectivity index (χ3n) is 4.73. The van der Waals surface area contributed by atoms with Crippen LogP contribution < -0.4 is 10.6 Å². The second kappa shape index (κ2) is 8.13. The number of carbonyl (C=O) groups is 2. The number of benzene rings is 1. The minimum Gasteiger partial charge on any atom is -0.351 e. The van der Waals surface area contributed by atoms with E-state index >= 15 is 0 Å². The van der Waals surface area contributed by atoms with Crippen LogP contribution in [-0.4, -0.2) is 23.3 Å². The number of carbonyl (C=O) groups excluding carboxylic acids is 2. The number of hydrogen-bond donors (Lipinski definition) is 2. The van der Waals surface area contributed by atoms with Gasteiger partial charge in [0.1, 0.15) is 0 Å². The Hall–Kier alpha value is -2.69. The van der Waals surface area contributed by atoms with Crippen LogP contribution in [0.4, 0.5) is 5.69 Å². The predicted octanol–water partition coefficient (Wildman–Crippen LogP) is 3.34. The molecule has 1 aliphatic carbocycles. The van der Waals surface area contributed by atoms with E-state index < -0.39 is 0 Å². The summed E-state index contributed by atoms with van der Waals surface area (Å²) in [6.07, 6.45) is 6.17. The molecule has 1 aliphatic rings. The van der Waals surface area contributed by atoms with Crippen molar-refractivity contribution in [3.8, 4) is 0 Å². The van der Waals surface area contributed by atoms with Crippen molar-refractivity contribution in [3.05, 3.63) is 58.4 Å². The summed E-state index contributed by atoms with van der Waals surface area (Å²) >= 11 is 0. The molecule has 0 atom stereocenters. The molecule has 2 amide bonds. The van der Waals surface area contributed by atoms with Crippen LogP contribution in [0.5, 0.6) is 0 Å². The molecule has 0 aliphatic heterocycles. The highest BCUT2D eigenvalue weighted by Gasteiger charge is 2.14. The minimum atomic E-state index is -0.176. The quantitative estimate of drug-likeness (QED) is 0.868. The van der Waals surface area contributed by atoms with E-state index in [0.29, 0.717) is 12.1 Å². The van der Waals surface area contributed by atoms with Gasteiger partial charge in [-0.1, -0.05) is 17.7 Å². The molecule has 1 aromatic carbocycles. The number of anilines is 1. The molecule has 0 bridgehead atoms. The van der Waals surface area contributed by atoms with Crippen LogP contribution in [0.1, 0.15) is 52.0 Å². The standard InChI is InChI=1S/C21H25N3O2/c1-14-7-8-18(15(2)11-14)24-20(25)9-10-22-21(26)17-12-16-5-3-4-6-19(16)23-13-17/h7-8,11-13H,3-6,9-10H2,1-2H3,(H,22,26)(H,24,25). The lowest BCUT2D eigenvalue weighted by Gasteiger charge is -2.15. The van der Waals surface area contributed by atoms with Crippen molar-refractivity contribution in [1.82, 2.24) is 10.3 Å².